The lowest BCUT2D eigenvalue weighted by atomic mass is 10.3. The van der Waals surface area contributed by atoms with Crippen molar-refractivity contribution < 1.29 is 56.4 Å². The summed E-state index contributed by atoms with van der Waals surface area (Å²) in [6, 6.07) is 0. The maximum absolute atomic E-state index is 9.75. The number of hydrogen-bond acceptors (Lipinski definition) is 0. The van der Waals surface area contributed by atoms with Crippen LogP contribution < -0.4 is 4.57 Å². The van der Waals surface area contributed by atoms with Crippen LogP contribution in [0.25, 0.3) is 0 Å². The Kier molecular flexibility index (Phi) is 14.6. The highest BCUT2D eigenvalue weighted by molar-refractivity contribution is 6.50. The van der Waals surface area contributed by atoms with Crippen molar-refractivity contribution >= 4 is 21.8 Å². The summed E-state index contributed by atoms with van der Waals surface area (Å²) < 4.78 is 121. The first-order valence-corrected chi connectivity index (χ1v) is 6.46. The number of aryl methyl sites for hydroxylation is 2. The summed E-state index contributed by atoms with van der Waals surface area (Å²) in [7, 11) is -16.0. The van der Waals surface area contributed by atoms with Crippen molar-refractivity contribution in [1.29, 1.82) is 0 Å². The standard InChI is InChI=1S/C8H15N2.3BF4/c1-3-4-5-10-7-6-9(2)8-10;3*2-1(3,4)5/h6-8H,3-5H2,1-2H3;;;/q+1;3*-1. The van der Waals surface area contributed by atoms with Crippen LogP contribution in [0, 0.1) is 0 Å². The van der Waals surface area contributed by atoms with Crippen LogP contribution in [0.3, 0.4) is 0 Å². The molecule has 0 radical (unpaired) electrons. The van der Waals surface area contributed by atoms with E-state index in [4.69, 9.17) is 0 Å². The van der Waals surface area contributed by atoms with Crippen molar-refractivity contribution in [1.82, 2.24) is 4.57 Å². The van der Waals surface area contributed by atoms with E-state index in [1.165, 1.54) is 12.8 Å². The summed E-state index contributed by atoms with van der Waals surface area (Å²) in [5.41, 5.74) is 0. The summed E-state index contributed by atoms with van der Waals surface area (Å²) in [5.74, 6) is 0. The number of halogens is 12. The molecule has 0 saturated heterocycles. The molecular formula is C8H15B3F12N2-2. The van der Waals surface area contributed by atoms with Gasteiger partial charge in [-0.25, -0.2) is 9.13 Å². The molecule has 0 N–H and O–H groups in total. The van der Waals surface area contributed by atoms with Crippen molar-refractivity contribution in [3.05, 3.63) is 18.7 Å². The molecule has 152 valence electrons. The summed E-state index contributed by atoms with van der Waals surface area (Å²) in [6.45, 7) is 3.36. The second-order valence-corrected chi connectivity index (χ2v) is 4.16. The first-order valence-electron chi connectivity index (χ1n) is 6.46. The fraction of sp³-hybridized carbons (Fsp3) is 0.625. The van der Waals surface area contributed by atoms with Crippen LogP contribution in [0.1, 0.15) is 19.8 Å². The van der Waals surface area contributed by atoms with Gasteiger partial charge in [-0.1, -0.05) is 13.3 Å². The number of aromatic nitrogens is 2. The topological polar surface area (TPSA) is 8.81 Å². The maximum atomic E-state index is 9.75. The average Bonchev–Trinajstić information content (AvgIpc) is 2.65. The Balaban J connectivity index is -0.000000279. The molecule has 0 aromatic carbocycles. The van der Waals surface area contributed by atoms with E-state index in [2.05, 4.69) is 34.8 Å². The number of nitrogens with zero attached hydrogens (tertiary/aromatic N) is 2. The van der Waals surface area contributed by atoms with Gasteiger partial charge in [-0.3, -0.25) is 0 Å². The largest absolute Gasteiger partial charge is 0.673 e. The van der Waals surface area contributed by atoms with Crippen molar-refractivity contribution in [2.75, 3.05) is 0 Å². The zero-order valence-electron chi connectivity index (χ0n) is 13.0. The first-order chi connectivity index (χ1) is 10.8. The first kappa shape index (κ1) is 28.4. The van der Waals surface area contributed by atoms with Gasteiger partial charge in [-0.05, 0) is 6.42 Å². The van der Waals surface area contributed by atoms with E-state index in [-0.39, 0.29) is 0 Å². The molecule has 0 spiro atoms. The Bertz CT molecular complexity index is 381. The molecule has 25 heavy (non-hydrogen) atoms. The van der Waals surface area contributed by atoms with Gasteiger partial charge in [0.25, 0.3) is 0 Å². The molecule has 0 bridgehead atoms. The smallest absolute Gasteiger partial charge is 0.418 e. The van der Waals surface area contributed by atoms with Crippen LogP contribution >= 0.6 is 0 Å². The molecule has 0 aliphatic heterocycles. The van der Waals surface area contributed by atoms with E-state index in [0.717, 1.165) is 6.54 Å². The van der Waals surface area contributed by atoms with Crippen molar-refractivity contribution in [3.8, 4) is 0 Å². The third-order valence-electron chi connectivity index (χ3n) is 1.59. The molecule has 0 atom stereocenters. The van der Waals surface area contributed by atoms with Crippen LogP contribution in [-0.2, 0) is 13.6 Å². The van der Waals surface area contributed by atoms with E-state index < -0.39 is 21.8 Å². The maximum Gasteiger partial charge on any atom is 0.673 e. The molecule has 1 rings (SSSR count). The molecular weight excluding hydrogens is 385 g/mol. The average molecular weight is 400 g/mol. The van der Waals surface area contributed by atoms with Crippen LogP contribution in [0.15, 0.2) is 18.7 Å². The van der Waals surface area contributed by atoms with Gasteiger partial charge in [0, 0.05) is 0 Å². The molecule has 0 aliphatic rings. The van der Waals surface area contributed by atoms with Crippen LogP contribution in [0.5, 0.6) is 0 Å². The van der Waals surface area contributed by atoms with Crippen LogP contribution in [0.4, 0.5) is 51.8 Å². The highest BCUT2D eigenvalue weighted by Crippen LogP contribution is 2.07. The second-order valence-electron chi connectivity index (χ2n) is 4.16. The predicted octanol–water partition coefficient (Wildman–Crippen LogP) is 5.01. The Morgan fingerprint density at radius 3 is 1.28 bits per heavy atom. The van der Waals surface area contributed by atoms with Gasteiger partial charge in [0.15, 0.2) is 0 Å². The van der Waals surface area contributed by atoms with E-state index in [1.807, 2.05) is 7.05 Å². The van der Waals surface area contributed by atoms with Gasteiger partial charge in [-0.2, -0.15) is 0 Å². The SMILES string of the molecule is CCCCn1cc[n+](C)c1.F[B-](F)(F)F.F[B-](F)(F)F.F[B-](F)(F)F. The van der Waals surface area contributed by atoms with Gasteiger partial charge >= 0.3 is 21.8 Å². The predicted molar refractivity (Wildman–Crippen MR) is 71.1 cm³/mol. The number of imidazole rings is 1. The molecule has 1 heterocycles. The van der Waals surface area contributed by atoms with Gasteiger partial charge in [0.05, 0.1) is 13.6 Å². The molecule has 0 aliphatic carbocycles. The summed E-state index contributed by atoms with van der Waals surface area (Å²) in [5, 5.41) is 0. The van der Waals surface area contributed by atoms with Gasteiger partial charge in [0.2, 0.25) is 6.33 Å². The molecule has 0 fully saturated rings. The molecule has 1 aromatic heterocycles. The van der Waals surface area contributed by atoms with Crippen LogP contribution in [0.2, 0.25) is 0 Å². The molecule has 1 aromatic rings. The van der Waals surface area contributed by atoms with Crippen molar-refractivity contribution in [3.63, 3.8) is 0 Å². The number of unbranched alkanes of at least 4 members (excludes halogenated alkanes) is 1. The number of hydrogen-bond donors (Lipinski definition) is 0. The monoisotopic (exact) mass is 400 g/mol. The van der Waals surface area contributed by atoms with E-state index >= 15 is 0 Å². The molecule has 0 amide bonds. The molecule has 0 saturated carbocycles. The Labute approximate surface area is 136 Å². The molecule has 2 nitrogen and oxygen atoms in total. The highest BCUT2D eigenvalue weighted by atomic mass is 19.5. The van der Waals surface area contributed by atoms with Crippen molar-refractivity contribution in [2.24, 2.45) is 7.05 Å². The third kappa shape index (κ3) is 71.4. The Morgan fingerprint density at radius 2 is 1.08 bits per heavy atom. The quantitative estimate of drug-likeness (QED) is 0.384. The summed E-state index contributed by atoms with van der Waals surface area (Å²) >= 11 is 0. The van der Waals surface area contributed by atoms with Crippen molar-refractivity contribution in [2.45, 2.75) is 26.3 Å². The minimum atomic E-state index is -6.00. The fourth-order valence-electron chi connectivity index (χ4n) is 0.975. The van der Waals surface area contributed by atoms with E-state index in [1.54, 1.807) is 0 Å². The zero-order valence-corrected chi connectivity index (χ0v) is 13.0. The van der Waals surface area contributed by atoms with Gasteiger partial charge < -0.3 is 51.8 Å². The van der Waals surface area contributed by atoms with E-state index in [9.17, 15) is 51.8 Å². The second kappa shape index (κ2) is 12.9. The minimum absolute atomic E-state index is 1.15. The molecule has 0 unspecified atom stereocenters. The highest BCUT2D eigenvalue weighted by Gasteiger charge is 2.21. The normalized spacial score (nSPS) is 11.3. The Morgan fingerprint density at radius 1 is 0.760 bits per heavy atom. The van der Waals surface area contributed by atoms with Crippen LogP contribution in [-0.4, -0.2) is 26.3 Å². The van der Waals surface area contributed by atoms with E-state index in [0.29, 0.717) is 0 Å². The molecule has 17 heteroatoms. The lowest BCUT2D eigenvalue weighted by Crippen LogP contribution is -2.23. The van der Waals surface area contributed by atoms with Gasteiger partial charge in [-0.15, -0.1) is 0 Å². The van der Waals surface area contributed by atoms with Gasteiger partial charge in [0.1, 0.15) is 12.4 Å². The summed E-state index contributed by atoms with van der Waals surface area (Å²) in [6.07, 6.45) is 8.82. The third-order valence-corrected chi connectivity index (χ3v) is 1.59. The zero-order chi connectivity index (χ0) is 20.9. The fourth-order valence-corrected chi connectivity index (χ4v) is 0.975. The minimum Gasteiger partial charge on any atom is -0.418 e. The lowest BCUT2D eigenvalue weighted by Gasteiger charge is -1.94. The number of rotatable bonds is 3. The summed E-state index contributed by atoms with van der Waals surface area (Å²) in [4.78, 5) is 0. The Hall–Kier alpha value is -1.44. The lowest BCUT2D eigenvalue weighted by molar-refractivity contribution is -0.671.